The van der Waals surface area contributed by atoms with Crippen molar-refractivity contribution in [3.8, 4) is 5.75 Å². The van der Waals surface area contributed by atoms with Crippen LogP contribution in [0, 0.1) is 5.92 Å². The highest BCUT2D eigenvalue weighted by Gasteiger charge is 2.29. The summed E-state index contributed by atoms with van der Waals surface area (Å²) < 4.78 is 5.64. The number of amides is 2. The fourth-order valence-electron chi connectivity index (χ4n) is 4.87. The van der Waals surface area contributed by atoms with Crippen molar-refractivity contribution in [3.05, 3.63) is 66.2 Å². The summed E-state index contributed by atoms with van der Waals surface area (Å²) in [6.45, 7) is 4.84. The lowest BCUT2D eigenvalue weighted by atomic mass is 9.94. The van der Waals surface area contributed by atoms with E-state index in [0.29, 0.717) is 26.1 Å². The third-order valence-electron chi connectivity index (χ3n) is 7.04. The Balaban J connectivity index is 1.09. The summed E-state index contributed by atoms with van der Waals surface area (Å²) in [5, 5.41) is 3.29. The summed E-state index contributed by atoms with van der Waals surface area (Å²) >= 11 is 0. The van der Waals surface area contributed by atoms with E-state index in [0.717, 1.165) is 57.5 Å². The molecule has 0 atom stereocenters. The minimum absolute atomic E-state index is 0.0146. The lowest BCUT2D eigenvalue weighted by Gasteiger charge is -2.35. The van der Waals surface area contributed by atoms with Gasteiger partial charge in [0, 0.05) is 44.7 Å². The van der Waals surface area contributed by atoms with Crippen molar-refractivity contribution in [1.29, 1.82) is 0 Å². The number of ether oxygens (including phenoxy) is 1. The van der Waals surface area contributed by atoms with Crippen molar-refractivity contribution in [2.75, 3.05) is 39.3 Å². The van der Waals surface area contributed by atoms with Gasteiger partial charge in [0.25, 0.3) is 0 Å². The molecule has 2 fully saturated rings. The molecule has 2 saturated heterocycles. The summed E-state index contributed by atoms with van der Waals surface area (Å²) in [5.41, 5.74) is 1.38. The van der Waals surface area contributed by atoms with Gasteiger partial charge in [-0.1, -0.05) is 48.5 Å². The van der Waals surface area contributed by atoms with Crippen molar-refractivity contribution >= 4 is 11.8 Å². The molecule has 0 unspecified atom stereocenters. The molecule has 2 heterocycles. The minimum atomic E-state index is 0.0146. The third kappa shape index (κ3) is 7.32. The van der Waals surface area contributed by atoms with E-state index in [4.69, 9.17) is 4.74 Å². The molecule has 2 aromatic rings. The maximum atomic E-state index is 12.8. The van der Waals surface area contributed by atoms with E-state index in [1.807, 2.05) is 35.2 Å². The van der Waals surface area contributed by atoms with E-state index in [-0.39, 0.29) is 23.8 Å². The Hall–Kier alpha value is -2.86. The van der Waals surface area contributed by atoms with Crippen LogP contribution in [0.4, 0.5) is 0 Å². The maximum absolute atomic E-state index is 12.8. The predicted octanol–water partition coefficient (Wildman–Crippen LogP) is 3.52. The Morgan fingerprint density at radius 3 is 2.18 bits per heavy atom. The van der Waals surface area contributed by atoms with Crippen LogP contribution >= 0.6 is 0 Å². The zero-order valence-electron chi connectivity index (χ0n) is 20.0. The fourth-order valence-corrected chi connectivity index (χ4v) is 4.87. The highest BCUT2D eigenvalue weighted by molar-refractivity contribution is 5.80. The van der Waals surface area contributed by atoms with Crippen LogP contribution in [0.2, 0.25) is 0 Å². The second-order valence-electron chi connectivity index (χ2n) is 9.43. The molecule has 182 valence electrons. The van der Waals surface area contributed by atoms with E-state index >= 15 is 0 Å². The molecular weight excluding hydrogens is 426 g/mol. The molecule has 0 saturated carbocycles. The van der Waals surface area contributed by atoms with Crippen molar-refractivity contribution in [2.45, 2.75) is 44.6 Å². The summed E-state index contributed by atoms with van der Waals surface area (Å²) in [6.07, 6.45) is 4.96. The second-order valence-corrected chi connectivity index (χ2v) is 9.43. The Labute approximate surface area is 203 Å². The number of nitrogens with one attached hydrogen (secondary N) is 1. The van der Waals surface area contributed by atoms with Gasteiger partial charge in [-0.25, -0.2) is 0 Å². The first-order valence-electron chi connectivity index (χ1n) is 12.7. The Kier molecular flexibility index (Phi) is 8.97. The zero-order valence-corrected chi connectivity index (χ0v) is 20.0. The standard InChI is InChI=1S/C28H37N3O3/c32-27(16-22-34-26-9-5-2-6-10-26)31-20-12-24(13-21-31)28(33)29-25-14-18-30(19-15-25)17-11-23-7-3-1-4-8-23/h1-10,24-25H,11-22H2,(H,29,33). The van der Waals surface area contributed by atoms with Gasteiger partial charge < -0.3 is 19.9 Å². The third-order valence-corrected chi connectivity index (χ3v) is 7.04. The lowest BCUT2D eigenvalue weighted by molar-refractivity contribution is -0.136. The first kappa shape index (κ1) is 24.3. The van der Waals surface area contributed by atoms with E-state index in [9.17, 15) is 9.59 Å². The maximum Gasteiger partial charge on any atom is 0.225 e. The molecule has 2 aliphatic heterocycles. The summed E-state index contributed by atoms with van der Waals surface area (Å²) in [5.74, 6) is 1.08. The quantitative estimate of drug-likeness (QED) is 0.618. The van der Waals surface area contributed by atoms with Crippen LogP contribution in [0.5, 0.6) is 5.75 Å². The number of carbonyl (C=O) groups excluding carboxylic acids is 2. The van der Waals surface area contributed by atoms with Gasteiger partial charge >= 0.3 is 0 Å². The number of hydrogen-bond acceptors (Lipinski definition) is 4. The number of nitrogens with zero attached hydrogens (tertiary/aromatic N) is 2. The van der Waals surface area contributed by atoms with Gasteiger partial charge in [0.1, 0.15) is 5.75 Å². The number of para-hydroxylation sites is 1. The van der Waals surface area contributed by atoms with Crippen LogP contribution in [0.3, 0.4) is 0 Å². The van der Waals surface area contributed by atoms with Crippen LogP contribution < -0.4 is 10.1 Å². The van der Waals surface area contributed by atoms with Gasteiger partial charge in [0.2, 0.25) is 11.8 Å². The second kappa shape index (κ2) is 12.6. The molecule has 0 aromatic heterocycles. The Morgan fingerprint density at radius 2 is 1.50 bits per heavy atom. The van der Waals surface area contributed by atoms with Gasteiger partial charge in [-0.3, -0.25) is 9.59 Å². The topological polar surface area (TPSA) is 61.9 Å². The van der Waals surface area contributed by atoms with Gasteiger partial charge in [-0.05, 0) is 49.8 Å². The first-order valence-corrected chi connectivity index (χ1v) is 12.7. The van der Waals surface area contributed by atoms with Crippen LogP contribution in [0.15, 0.2) is 60.7 Å². The Bertz CT molecular complexity index is 890. The molecule has 2 aliphatic rings. The summed E-state index contributed by atoms with van der Waals surface area (Å²) in [4.78, 5) is 29.7. The highest BCUT2D eigenvalue weighted by Crippen LogP contribution is 2.20. The molecule has 4 rings (SSSR count). The molecule has 0 aliphatic carbocycles. The predicted molar refractivity (Wildman–Crippen MR) is 134 cm³/mol. The van der Waals surface area contributed by atoms with Gasteiger partial charge in [-0.2, -0.15) is 0 Å². The molecule has 0 radical (unpaired) electrons. The smallest absolute Gasteiger partial charge is 0.225 e. The van der Waals surface area contributed by atoms with Crippen LogP contribution in [0.25, 0.3) is 0 Å². The number of piperidine rings is 2. The average Bonchev–Trinajstić information content (AvgIpc) is 2.89. The van der Waals surface area contributed by atoms with Gasteiger partial charge in [-0.15, -0.1) is 0 Å². The summed E-state index contributed by atoms with van der Waals surface area (Å²) in [7, 11) is 0. The van der Waals surface area contributed by atoms with Crippen molar-refractivity contribution < 1.29 is 14.3 Å². The van der Waals surface area contributed by atoms with Crippen molar-refractivity contribution in [3.63, 3.8) is 0 Å². The molecule has 2 aromatic carbocycles. The number of rotatable bonds is 9. The van der Waals surface area contributed by atoms with E-state index in [1.54, 1.807) is 0 Å². The van der Waals surface area contributed by atoms with Crippen molar-refractivity contribution in [2.24, 2.45) is 5.92 Å². The monoisotopic (exact) mass is 463 g/mol. The molecular formula is C28H37N3O3. The summed E-state index contributed by atoms with van der Waals surface area (Å²) in [6, 6.07) is 20.5. The van der Waals surface area contributed by atoms with Crippen LogP contribution in [-0.2, 0) is 16.0 Å². The average molecular weight is 464 g/mol. The van der Waals surface area contributed by atoms with Gasteiger partial charge in [0.05, 0.1) is 13.0 Å². The Morgan fingerprint density at radius 1 is 0.853 bits per heavy atom. The number of carbonyl (C=O) groups is 2. The molecule has 6 heteroatoms. The molecule has 0 bridgehead atoms. The number of hydrogen-bond donors (Lipinski definition) is 1. The van der Waals surface area contributed by atoms with Gasteiger partial charge in [0.15, 0.2) is 0 Å². The lowest BCUT2D eigenvalue weighted by Crippen LogP contribution is -2.49. The van der Waals surface area contributed by atoms with E-state index in [2.05, 4.69) is 40.5 Å². The molecule has 34 heavy (non-hydrogen) atoms. The SMILES string of the molecule is O=C(NC1CCN(CCc2ccccc2)CC1)C1CCN(C(=O)CCOc2ccccc2)CC1. The highest BCUT2D eigenvalue weighted by atomic mass is 16.5. The van der Waals surface area contributed by atoms with E-state index < -0.39 is 0 Å². The fraction of sp³-hybridized carbons (Fsp3) is 0.500. The number of likely N-dealkylation sites (tertiary alicyclic amines) is 2. The van der Waals surface area contributed by atoms with Crippen LogP contribution in [0.1, 0.15) is 37.7 Å². The molecule has 1 N–H and O–H groups in total. The minimum Gasteiger partial charge on any atom is -0.493 e. The molecule has 6 nitrogen and oxygen atoms in total. The first-order chi connectivity index (χ1) is 16.7. The van der Waals surface area contributed by atoms with Crippen molar-refractivity contribution in [1.82, 2.24) is 15.1 Å². The van der Waals surface area contributed by atoms with Crippen LogP contribution in [-0.4, -0.2) is 67.0 Å². The number of benzene rings is 2. The van der Waals surface area contributed by atoms with E-state index in [1.165, 1.54) is 5.56 Å². The molecule has 0 spiro atoms. The zero-order chi connectivity index (χ0) is 23.6. The largest absolute Gasteiger partial charge is 0.493 e. The normalized spacial score (nSPS) is 17.9. The molecule has 2 amide bonds.